The van der Waals surface area contributed by atoms with Crippen molar-refractivity contribution in [1.82, 2.24) is 10.3 Å². The number of carbonyl (C=O) groups excluding carboxylic acids is 1. The summed E-state index contributed by atoms with van der Waals surface area (Å²) in [4.78, 5) is 14.6. The van der Waals surface area contributed by atoms with Crippen molar-refractivity contribution in [2.24, 2.45) is 0 Å². The molecule has 0 radical (unpaired) electrons. The molecule has 0 spiro atoms. The van der Waals surface area contributed by atoms with Crippen LogP contribution in [0.25, 0.3) is 0 Å². The first kappa shape index (κ1) is 15.7. The van der Waals surface area contributed by atoms with E-state index >= 15 is 0 Å². The van der Waals surface area contributed by atoms with Crippen molar-refractivity contribution in [2.45, 2.75) is 19.1 Å². The number of hydrogen-bond donors (Lipinski definition) is 3. The molecule has 0 unspecified atom stereocenters. The van der Waals surface area contributed by atoms with Crippen LogP contribution in [0.3, 0.4) is 0 Å². The van der Waals surface area contributed by atoms with E-state index in [4.69, 9.17) is 5.26 Å². The Balaban J connectivity index is 2.07. The van der Waals surface area contributed by atoms with E-state index < -0.39 is 29.7 Å². The molecule has 1 heterocycles. The molecule has 0 aliphatic rings. The van der Waals surface area contributed by atoms with Crippen LogP contribution >= 0.6 is 0 Å². The number of carbonyl (C=O) groups is 1. The van der Waals surface area contributed by atoms with Crippen LogP contribution in [0.4, 0.5) is 8.78 Å². The molecular weight excluding hydrogens is 292 g/mol. The molecule has 2 rings (SSSR count). The quantitative estimate of drug-likeness (QED) is 0.807. The second-order valence-corrected chi connectivity index (χ2v) is 4.79. The van der Waals surface area contributed by atoms with E-state index in [9.17, 15) is 18.7 Å². The maximum absolute atomic E-state index is 13.2. The zero-order valence-electron chi connectivity index (χ0n) is 11.6. The number of nitrogens with zero attached hydrogens (tertiary/aromatic N) is 1. The molecule has 1 amide bonds. The van der Waals surface area contributed by atoms with Gasteiger partial charge in [-0.2, -0.15) is 5.26 Å². The van der Waals surface area contributed by atoms with Crippen molar-refractivity contribution >= 4 is 5.91 Å². The van der Waals surface area contributed by atoms with E-state index in [-0.39, 0.29) is 11.3 Å². The van der Waals surface area contributed by atoms with E-state index in [1.165, 1.54) is 25.3 Å². The molecule has 0 aliphatic heterocycles. The van der Waals surface area contributed by atoms with Gasteiger partial charge in [0.05, 0.1) is 17.7 Å². The molecule has 2 atom stereocenters. The number of nitriles is 1. The number of halogens is 2. The number of benzene rings is 1. The zero-order valence-corrected chi connectivity index (χ0v) is 11.6. The largest absolute Gasteiger partial charge is 0.386 e. The van der Waals surface area contributed by atoms with Crippen LogP contribution in [0.15, 0.2) is 30.5 Å². The van der Waals surface area contributed by atoms with Crippen LogP contribution in [0.5, 0.6) is 0 Å². The van der Waals surface area contributed by atoms with Crippen LogP contribution < -0.4 is 5.32 Å². The summed E-state index contributed by atoms with van der Waals surface area (Å²) in [5.74, 6) is -2.60. The maximum Gasteiger partial charge on any atom is 0.268 e. The van der Waals surface area contributed by atoms with E-state index in [1.54, 1.807) is 0 Å². The normalized spacial score (nSPS) is 13.2. The monoisotopic (exact) mass is 305 g/mol. The van der Waals surface area contributed by atoms with Gasteiger partial charge in [0.15, 0.2) is 11.6 Å². The molecule has 0 saturated heterocycles. The first-order valence-electron chi connectivity index (χ1n) is 6.44. The lowest BCUT2D eigenvalue weighted by atomic mass is 10.0. The van der Waals surface area contributed by atoms with Gasteiger partial charge in [-0.3, -0.25) is 4.79 Å². The number of aromatic amines is 1. The predicted molar refractivity (Wildman–Crippen MR) is 73.8 cm³/mol. The summed E-state index contributed by atoms with van der Waals surface area (Å²) in [5, 5.41) is 21.3. The average Bonchev–Trinajstić information content (AvgIpc) is 2.98. The summed E-state index contributed by atoms with van der Waals surface area (Å²) in [6, 6.07) is 5.53. The van der Waals surface area contributed by atoms with Gasteiger partial charge in [-0.25, -0.2) is 8.78 Å². The third-order valence-electron chi connectivity index (χ3n) is 3.17. The molecule has 22 heavy (non-hydrogen) atoms. The Morgan fingerprint density at radius 1 is 1.36 bits per heavy atom. The van der Waals surface area contributed by atoms with Crippen molar-refractivity contribution < 1.29 is 18.7 Å². The van der Waals surface area contributed by atoms with Gasteiger partial charge in [0, 0.05) is 6.20 Å². The average molecular weight is 305 g/mol. The molecular formula is C15H13F2N3O2. The number of rotatable bonds is 4. The Bertz CT molecular complexity index is 737. The predicted octanol–water partition coefficient (Wildman–Crippen LogP) is 2.02. The molecule has 114 valence electrons. The highest BCUT2D eigenvalue weighted by Crippen LogP contribution is 2.19. The van der Waals surface area contributed by atoms with Gasteiger partial charge in [0.2, 0.25) is 0 Å². The number of amides is 1. The lowest BCUT2D eigenvalue weighted by Crippen LogP contribution is -2.37. The van der Waals surface area contributed by atoms with Crippen LogP contribution in [-0.2, 0) is 0 Å². The minimum atomic E-state index is -1.20. The Hall–Kier alpha value is -2.72. The van der Waals surface area contributed by atoms with Gasteiger partial charge in [0.25, 0.3) is 5.91 Å². The van der Waals surface area contributed by atoms with Crippen LogP contribution in [0.1, 0.15) is 34.6 Å². The SMILES string of the molecule is C[C@H](NC(=O)c1cc(C#N)c[nH]1)[C@@H](O)c1ccc(F)c(F)c1. The van der Waals surface area contributed by atoms with Crippen molar-refractivity contribution in [1.29, 1.82) is 5.26 Å². The highest BCUT2D eigenvalue weighted by molar-refractivity contribution is 5.93. The molecule has 3 N–H and O–H groups in total. The third kappa shape index (κ3) is 3.30. The van der Waals surface area contributed by atoms with Gasteiger partial charge in [0.1, 0.15) is 11.8 Å². The first-order chi connectivity index (χ1) is 10.4. The summed E-state index contributed by atoms with van der Waals surface area (Å²) in [6.07, 6.45) is 0.176. The third-order valence-corrected chi connectivity index (χ3v) is 3.17. The van der Waals surface area contributed by atoms with Gasteiger partial charge in [-0.05, 0) is 30.7 Å². The van der Waals surface area contributed by atoms with E-state index in [0.717, 1.165) is 12.1 Å². The molecule has 5 nitrogen and oxygen atoms in total. The Kier molecular flexibility index (Phi) is 4.53. The van der Waals surface area contributed by atoms with Crippen molar-refractivity contribution in [3.63, 3.8) is 0 Å². The van der Waals surface area contributed by atoms with Crippen LogP contribution in [-0.4, -0.2) is 22.0 Å². The fourth-order valence-corrected chi connectivity index (χ4v) is 1.94. The summed E-state index contributed by atoms with van der Waals surface area (Å²) in [7, 11) is 0. The van der Waals surface area contributed by atoms with Crippen molar-refractivity contribution in [3.8, 4) is 6.07 Å². The standard InChI is InChI=1S/C15H13F2N3O2/c1-8(14(21)10-2-3-11(16)12(17)5-10)20-15(22)13-4-9(6-18)7-19-13/h2-5,7-8,14,19,21H,1H3,(H,20,22)/t8-,14+/m0/s1. The van der Waals surface area contributed by atoms with Crippen LogP contribution in [0.2, 0.25) is 0 Å². The van der Waals surface area contributed by atoms with Crippen molar-refractivity contribution in [2.75, 3.05) is 0 Å². The minimum Gasteiger partial charge on any atom is -0.386 e. The highest BCUT2D eigenvalue weighted by atomic mass is 19.2. The maximum atomic E-state index is 13.2. The molecule has 2 aromatic rings. The van der Waals surface area contributed by atoms with E-state index in [0.29, 0.717) is 5.56 Å². The minimum absolute atomic E-state index is 0.149. The van der Waals surface area contributed by atoms with Crippen LogP contribution in [0, 0.1) is 23.0 Å². The number of aliphatic hydroxyl groups is 1. The number of aromatic nitrogens is 1. The number of aliphatic hydroxyl groups excluding tert-OH is 1. The van der Waals surface area contributed by atoms with Gasteiger partial charge >= 0.3 is 0 Å². The number of H-pyrrole nitrogens is 1. The smallest absolute Gasteiger partial charge is 0.268 e. The lowest BCUT2D eigenvalue weighted by molar-refractivity contribution is 0.0847. The van der Waals surface area contributed by atoms with E-state index in [1.807, 2.05) is 6.07 Å². The molecule has 7 heteroatoms. The van der Waals surface area contributed by atoms with Gasteiger partial charge in [-0.15, -0.1) is 0 Å². The first-order valence-corrected chi connectivity index (χ1v) is 6.44. The fraction of sp³-hybridized carbons (Fsp3) is 0.200. The second-order valence-electron chi connectivity index (χ2n) is 4.79. The van der Waals surface area contributed by atoms with Gasteiger partial charge < -0.3 is 15.4 Å². The molecule has 0 bridgehead atoms. The molecule has 0 aliphatic carbocycles. The summed E-state index contributed by atoms with van der Waals surface area (Å²) < 4.78 is 26.0. The van der Waals surface area contributed by atoms with E-state index in [2.05, 4.69) is 10.3 Å². The molecule has 1 aromatic heterocycles. The molecule has 0 fully saturated rings. The fourth-order valence-electron chi connectivity index (χ4n) is 1.94. The number of nitrogens with one attached hydrogen (secondary N) is 2. The topological polar surface area (TPSA) is 88.9 Å². The zero-order chi connectivity index (χ0) is 16.3. The second kappa shape index (κ2) is 6.37. The lowest BCUT2D eigenvalue weighted by Gasteiger charge is -2.20. The summed E-state index contributed by atoms with van der Waals surface area (Å²) in [6.45, 7) is 1.53. The number of hydrogen-bond acceptors (Lipinski definition) is 3. The summed E-state index contributed by atoms with van der Waals surface area (Å²) in [5.41, 5.74) is 0.621. The Morgan fingerprint density at radius 3 is 2.68 bits per heavy atom. The van der Waals surface area contributed by atoms with Gasteiger partial charge in [-0.1, -0.05) is 6.07 Å². The summed E-state index contributed by atoms with van der Waals surface area (Å²) >= 11 is 0. The highest BCUT2D eigenvalue weighted by Gasteiger charge is 2.21. The molecule has 1 aromatic carbocycles. The Labute approximate surface area is 125 Å². The molecule has 0 saturated carbocycles. The van der Waals surface area contributed by atoms with Crippen molar-refractivity contribution in [3.05, 3.63) is 58.9 Å². The Morgan fingerprint density at radius 2 is 2.09 bits per heavy atom.